The first kappa shape index (κ1) is 14.2. The van der Waals surface area contributed by atoms with Gasteiger partial charge >= 0.3 is 0 Å². The maximum absolute atomic E-state index is 5.77. The molecule has 1 saturated heterocycles. The molecule has 104 valence electrons. The van der Waals surface area contributed by atoms with Crippen molar-refractivity contribution >= 4 is 23.0 Å². The van der Waals surface area contributed by atoms with Crippen LogP contribution in [0.2, 0.25) is 0 Å². The highest BCUT2D eigenvalue weighted by molar-refractivity contribution is 7.80. The number of hydrogen-bond donors (Lipinski definition) is 1. The van der Waals surface area contributed by atoms with E-state index in [1.54, 1.807) is 6.20 Å². The molecule has 0 radical (unpaired) electrons. The number of aromatic nitrogens is 1. The first-order valence-corrected chi connectivity index (χ1v) is 7.05. The van der Waals surface area contributed by atoms with Crippen LogP contribution in [0.5, 0.6) is 0 Å². The molecule has 2 heterocycles. The summed E-state index contributed by atoms with van der Waals surface area (Å²) in [4.78, 5) is 9.64. The third kappa shape index (κ3) is 3.22. The van der Waals surface area contributed by atoms with Gasteiger partial charge in [-0.15, -0.1) is 0 Å². The standard InChI is InChI=1S/C14H22N4S/c1-14(2,3)18-9-7-17(8-10-18)13-11(12(15)19)5-4-6-16-13/h4-6H,7-10H2,1-3H3,(H2,15,19). The molecule has 1 aliphatic heterocycles. The maximum atomic E-state index is 5.77. The summed E-state index contributed by atoms with van der Waals surface area (Å²) < 4.78 is 0. The minimum absolute atomic E-state index is 0.224. The van der Waals surface area contributed by atoms with Crippen LogP contribution in [0.25, 0.3) is 0 Å². The van der Waals surface area contributed by atoms with Gasteiger partial charge in [0, 0.05) is 37.9 Å². The minimum atomic E-state index is 0.224. The summed E-state index contributed by atoms with van der Waals surface area (Å²) in [6.45, 7) is 10.8. The molecule has 5 heteroatoms. The van der Waals surface area contributed by atoms with E-state index in [2.05, 4.69) is 35.6 Å². The molecule has 4 nitrogen and oxygen atoms in total. The third-order valence-corrected chi connectivity index (χ3v) is 3.80. The molecule has 0 aliphatic carbocycles. The SMILES string of the molecule is CC(C)(C)N1CCN(c2ncccc2C(N)=S)CC1. The Balaban J connectivity index is 2.12. The Morgan fingerprint density at radius 3 is 2.42 bits per heavy atom. The average molecular weight is 278 g/mol. The van der Waals surface area contributed by atoms with Gasteiger partial charge in [-0.3, -0.25) is 4.90 Å². The van der Waals surface area contributed by atoms with Crippen LogP contribution in [-0.2, 0) is 0 Å². The topological polar surface area (TPSA) is 45.4 Å². The van der Waals surface area contributed by atoms with Crippen molar-refractivity contribution in [3.05, 3.63) is 23.9 Å². The van der Waals surface area contributed by atoms with Crippen molar-refractivity contribution in [2.45, 2.75) is 26.3 Å². The first-order chi connectivity index (χ1) is 8.89. The molecule has 2 N–H and O–H groups in total. The van der Waals surface area contributed by atoms with Gasteiger partial charge in [0.2, 0.25) is 0 Å². The van der Waals surface area contributed by atoms with Crippen LogP contribution in [-0.4, -0.2) is 46.6 Å². The molecular formula is C14H22N4S. The molecule has 2 rings (SSSR count). The predicted octanol–water partition coefficient (Wildman–Crippen LogP) is 1.64. The lowest BCUT2D eigenvalue weighted by Gasteiger charge is -2.42. The second-order valence-corrected chi connectivity index (χ2v) is 6.32. The molecular weight excluding hydrogens is 256 g/mol. The largest absolute Gasteiger partial charge is 0.389 e. The summed E-state index contributed by atoms with van der Waals surface area (Å²) >= 11 is 5.10. The molecule has 0 aromatic carbocycles. The number of thiocarbonyl (C=S) groups is 1. The molecule has 0 amide bonds. The maximum Gasteiger partial charge on any atom is 0.138 e. The van der Waals surface area contributed by atoms with E-state index in [0.29, 0.717) is 4.99 Å². The lowest BCUT2D eigenvalue weighted by Crippen LogP contribution is -2.53. The van der Waals surface area contributed by atoms with Crippen molar-refractivity contribution < 1.29 is 0 Å². The highest BCUT2D eigenvalue weighted by atomic mass is 32.1. The summed E-state index contributed by atoms with van der Waals surface area (Å²) in [6, 6.07) is 3.82. The van der Waals surface area contributed by atoms with Crippen molar-refractivity contribution in [1.29, 1.82) is 0 Å². The van der Waals surface area contributed by atoms with E-state index in [1.807, 2.05) is 12.1 Å². The lowest BCUT2D eigenvalue weighted by molar-refractivity contribution is 0.128. The average Bonchev–Trinajstić information content (AvgIpc) is 2.38. The van der Waals surface area contributed by atoms with Gasteiger partial charge < -0.3 is 10.6 Å². The summed E-state index contributed by atoms with van der Waals surface area (Å²) in [5, 5.41) is 0. The van der Waals surface area contributed by atoms with Crippen LogP contribution in [0.1, 0.15) is 26.3 Å². The Morgan fingerprint density at radius 1 is 1.26 bits per heavy atom. The molecule has 19 heavy (non-hydrogen) atoms. The number of hydrogen-bond acceptors (Lipinski definition) is 4. The van der Waals surface area contributed by atoms with E-state index >= 15 is 0 Å². The van der Waals surface area contributed by atoms with Crippen molar-refractivity contribution in [3.63, 3.8) is 0 Å². The lowest BCUT2D eigenvalue weighted by atomic mass is 10.0. The first-order valence-electron chi connectivity index (χ1n) is 6.64. The second-order valence-electron chi connectivity index (χ2n) is 5.88. The number of nitrogens with zero attached hydrogens (tertiary/aromatic N) is 3. The Hall–Kier alpha value is -1.20. The van der Waals surface area contributed by atoms with E-state index in [9.17, 15) is 0 Å². The van der Waals surface area contributed by atoms with Gasteiger partial charge in [0.15, 0.2) is 0 Å². The highest BCUT2D eigenvalue weighted by Crippen LogP contribution is 2.22. The zero-order chi connectivity index (χ0) is 14.0. The number of rotatable bonds is 2. The number of nitrogens with two attached hydrogens (primary N) is 1. The normalized spacial score (nSPS) is 17.5. The summed E-state index contributed by atoms with van der Waals surface area (Å²) in [6.07, 6.45) is 1.80. The van der Waals surface area contributed by atoms with Crippen LogP contribution in [0.15, 0.2) is 18.3 Å². The predicted molar refractivity (Wildman–Crippen MR) is 83.7 cm³/mol. The smallest absolute Gasteiger partial charge is 0.138 e. The van der Waals surface area contributed by atoms with Crippen molar-refractivity contribution in [1.82, 2.24) is 9.88 Å². The van der Waals surface area contributed by atoms with Gasteiger partial charge in [-0.25, -0.2) is 4.98 Å². The fraction of sp³-hybridized carbons (Fsp3) is 0.571. The van der Waals surface area contributed by atoms with Crippen LogP contribution < -0.4 is 10.6 Å². The van der Waals surface area contributed by atoms with Gasteiger partial charge in [0.25, 0.3) is 0 Å². The summed E-state index contributed by atoms with van der Waals surface area (Å²) in [7, 11) is 0. The molecule has 0 spiro atoms. The Morgan fingerprint density at radius 2 is 1.89 bits per heavy atom. The second kappa shape index (κ2) is 5.43. The Kier molecular flexibility index (Phi) is 4.06. The number of piperazine rings is 1. The van der Waals surface area contributed by atoms with E-state index in [1.165, 1.54) is 0 Å². The number of anilines is 1. The van der Waals surface area contributed by atoms with Gasteiger partial charge in [-0.1, -0.05) is 12.2 Å². The fourth-order valence-corrected chi connectivity index (χ4v) is 2.59. The molecule has 0 saturated carbocycles. The zero-order valence-corrected chi connectivity index (χ0v) is 12.7. The van der Waals surface area contributed by atoms with E-state index in [0.717, 1.165) is 37.6 Å². The number of pyridine rings is 1. The molecule has 0 bridgehead atoms. The van der Waals surface area contributed by atoms with Crippen molar-refractivity contribution in [3.8, 4) is 0 Å². The monoisotopic (exact) mass is 278 g/mol. The van der Waals surface area contributed by atoms with Crippen molar-refractivity contribution in [2.24, 2.45) is 5.73 Å². The summed E-state index contributed by atoms with van der Waals surface area (Å²) in [5.74, 6) is 0.920. The molecule has 1 aliphatic rings. The van der Waals surface area contributed by atoms with E-state index in [-0.39, 0.29) is 5.54 Å². The minimum Gasteiger partial charge on any atom is -0.389 e. The van der Waals surface area contributed by atoms with E-state index in [4.69, 9.17) is 18.0 Å². The Bertz CT molecular complexity index is 459. The van der Waals surface area contributed by atoms with Crippen molar-refractivity contribution in [2.75, 3.05) is 31.1 Å². The molecule has 1 aromatic heterocycles. The Labute approximate surface area is 120 Å². The molecule has 0 unspecified atom stereocenters. The van der Waals surface area contributed by atoms with Gasteiger partial charge in [-0.05, 0) is 32.9 Å². The van der Waals surface area contributed by atoms with Crippen LogP contribution in [0.4, 0.5) is 5.82 Å². The molecule has 0 atom stereocenters. The van der Waals surface area contributed by atoms with E-state index < -0.39 is 0 Å². The third-order valence-electron chi connectivity index (χ3n) is 3.58. The highest BCUT2D eigenvalue weighted by Gasteiger charge is 2.27. The van der Waals surface area contributed by atoms with Crippen LogP contribution in [0, 0.1) is 0 Å². The quantitative estimate of drug-likeness (QED) is 0.833. The van der Waals surface area contributed by atoms with Gasteiger partial charge in [-0.2, -0.15) is 0 Å². The van der Waals surface area contributed by atoms with Gasteiger partial charge in [0.05, 0.1) is 5.56 Å². The van der Waals surface area contributed by atoms with Crippen LogP contribution >= 0.6 is 12.2 Å². The fourth-order valence-electron chi connectivity index (χ4n) is 2.43. The summed E-state index contributed by atoms with van der Waals surface area (Å²) in [5.41, 5.74) is 6.87. The zero-order valence-electron chi connectivity index (χ0n) is 11.9. The van der Waals surface area contributed by atoms with Crippen LogP contribution in [0.3, 0.4) is 0 Å². The molecule has 1 aromatic rings. The molecule has 1 fully saturated rings. The van der Waals surface area contributed by atoms with Gasteiger partial charge in [0.1, 0.15) is 10.8 Å².